The molecule has 1 aliphatic rings. The van der Waals surface area contributed by atoms with E-state index in [2.05, 4.69) is 89.8 Å². The molecule has 0 aliphatic carbocycles. The van der Waals surface area contributed by atoms with Gasteiger partial charge in [-0.3, -0.25) is 4.98 Å². The van der Waals surface area contributed by atoms with E-state index in [0.29, 0.717) is 11.8 Å². The maximum absolute atomic E-state index is 4.60. The van der Waals surface area contributed by atoms with Crippen LogP contribution in [-0.2, 0) is 20.1 Å². The molecule has 0 saturated carbocycles. The van der Waals surface area contributed by atoms with Gasteiger partial charge in [-0.1, -0.05) is 45.9 Å². The van der Waals surface area contributed by atoms with Crippen molar-refractivity contribution in [1.29, 1.82) is 0 Å². The average Bonchev–Trinajstić information content (AvgIpc) is 3.59. The number of anilines is 3. The number of hydrogen-bond acceptors (Lipinski definition) is 5. The number of fused-ring (bicyclic) bond motifs is 1. The molecule has 6 nitrogen and oxygen atoms in total. The minimum absolute atomic E-state index is 0. The predicted molar refractivity (Wildman–Crippen MR) is 158 cm³/mol. The SMILES string of the molecule is CC(C)c1cccc(C(C)C)c1-n1ccnc1-c1[c-]cccc1.CN1[CH-]N(c2[c-]cccc2)c2ncncc21.[Ir+3]. The Hall–Kier alpha value is -3.80. The summed E-state index contributed by atoms with van der Waals surface area (Å²) in [5.41, 5.74) is 6.97. The zero-order valence-electron chi connectivity index (χ0n) is 23.4. The van der Waals surface area contributed by atoms with Crippen molar-refractivity contribution in [3.63, 3.8) is 0 Å². The monoisotopic (exact) mass is 706 g/mol. The summed E-state index contributed by atoms with van der Waals surface area (Å²) in [7, 11) is 1.98. The first-order chi connectivity index (χ1) is 19.0. The van der Waals surface area contributed by atoms with Crippen LogP contribution in [0.3, 0.4) is 0 Å². The molecule has 0 fully saturated rings. The molecule has 6 rings (SSSR count). The number of benzene rings is 3. The summed E-state index contributed by atoms with van der Waals surface area (Å²) >= 11 is 0. The maximum atomic E-state index is 4.60. The van der Waals surface area contributed by atoms with Crippen molar-refractivity contribution in [3.05, 3.63) is 122 Å². The van der Waals surface area contributed by atoms with Gasteiger partial charge in [0.1, 0.15) is 12.1 Å². The summed E-state index contributed by atoms with van der Waals surface area (Å²) in [4.78, 5) is 16.9. The first kappa shape index (κ1) is 29.2. The molecule has 3 aromatic carbocycles. The van der Waals surface area contributed by atoms with E-state index in [1.165, 1.54) is 16.8 Å². The van der Waals surface area contributed by atoms with E-state index in [1.54, 1.807) is 6.33 Å². The van der Waals surface area contributed by atoms with Gasteiger partial charge in [0.05, 0.1) is 17.7 Å². The van der Waals surface area contributed by atoms with Crippen molar-refractivity contribution in [1.82, 2.24) is 19.5 Å². The molecule has 0 N–H and O–H groups in total. The normalized spacial score (nSPS) is 12.2. The van der Waals surface area contributed by atoms with Crippen LogP contribution in [0.2, 0.25) is 0 Å². The van der Waals surface area contributed by atoms with Crippen LogP contribution in [0.15, 0.2) is 91.6 Å². The van der Waals surface area contributed by atoms with Crippen molar-refractivity contribution in [2.75, 3.05) is 16.8 Å². The molecule has 0 saturated heterocycles. The summed E-state index contributed by atoms with van der Waals surface area (Å²) in [6.07, 6.45) is 7.30. The van der Waals surface area contributed by atoms with Gasteiger partial charge in [-0.25, -0.2) is 9.97 Å². The van der Waals surface area contributed by atoms with E-state index in [4.69, 9.17) is 0 Å². The second kappa shape index (κ2) is 13.0. The van der Waals surface area contributed by atoms with E-state index in [-0.39, 0.29) is 20.1 Å². The van der Waals surface area contributed by atoms with E-state index in [0.717, 1.165) is 28.6 Å². The van der Waals surface area contributed by atoms with Crippen molar-refractivity contribution < 1.29 is 20.1 Å². The van der Waals surface area contributed by atoms with Crippen LogP contribution in [0.4, 0.5) is 17.2 Å². The largest absolute Gasteiger partial charge is 3.00 e. The molecule has 0 atom stereocenters. The minimum Gasteiger partial charge on any atom is -0.501 e. The summed E-state index contributed by atoms with van der Waals surface area (Å²) in [5.74, 6) is 2.75. The first-order valence-corrected chi connectivity index (χ1v) is 13.2. The first-order valence-electron chi connectivity index (χ1n) is 13.2. The Kier molecular flexibility index (Phi) is 9.51. The fourth-order valence-corrected chi connectivity index (χ4v) is 4.76. The van der Waals surface area contributed by atoms with Crippen molar-refractivity contribution in [2.24, 2.45) is 0 Å². The number of rotatable bonds is 5. The number of aromatic nitrogens is 4. The third kappa shape index (κ3) is 6.01. The number of para-hydroxylation sites is 2. The van der Waals surface area contributed by atoms with Crippen LogP contribution in [0.5, 0.6) is 0 Å². The van der Waals surface area contributed by atoms with E-state index >= 15 is 0 Å². The van der Waals surface area contributed by atoms with Gasteiger partial charge in [0.15, 0.2) is 0 Å². The van der Waals surface area contributed by atoms with Gasteiger partial charge in [0, 0.05) is 18.1 Å². The van der Waals surface area contributed by atoms with Gasteiger partial charge in [0.25, 0.3) is 0 Å². The van der Waals surface area contributed by atoms with Crippen molar-refractivity contribution >= 4 is 17.2 Å². The second-order valence-corrected chi connectivity index (χ2v) is 10.1. The van der Waals surface area contributed by atoms with Crippen LogP contribution in [0.25, 0.3) is 17.1 Å². The smallest absolute Gasteiger partial charge is 0.501 e. The second-order valence-electron chi connectivity index (χ2n) is 10.1. The Labute approximate surface area is 251 Å². The van der Waals surface area contributed by atoms with Gasteiger partial charge in [-0.2, -0.15) is 37.0 Å². The van der Waals surface area contributed by atoms with Gasteiger partial charge in [0.2, 0.25) is 0 Å². The summed E-state index contributed by atoms with van der Waals surface area (Å²) in [6, 6.07) is 28.9. The molecule has 1 aliphatic heterocycles. The van der Waals surface area contributed by atoms with Crippen molar-refractivity contribution in [2.45, 2.75) is 39.5 Å². The Balaban J connectivity index is 0.000000191. The van der Waals surface area contributed by atoms with Crippen LogP contribution in [0, 0.1) is 18.8 Å². The third-order valence-corrected chi connectivity index (χ3v) is 6.70. The van der Waals surface area contributed by atoms with E-state index < -0.39 is 0 Å². The fourth-order valence-electron chi connectivity index (χ4n) is 4.76. The Morgan fingerprint density at radius 3 is 2.15 bits per heavy atom. The molecule has 5 aromatic rings. The van der Waals surface area contributed by atoms with Gasteiger partial charge < -0.3 is 14.4 Å². The Morgan fingerprint density at radius 2 is 1.52 bits per heavy atom. The summed E-state index contributed by atoms with van der Waals surface area (Å²) in [5, 5.41) is 0. The Morgan fingerprint density at radius 1 is 0.825 bits per heavy atom. The average molecular weight is 706 g/mol. The zero-order valence-corrected chi connectivity index (χ0v) is 25.8. The van der Waals surface area contributed by atoms with E-state index in [1.807, 2.05) is 78.4 Å². The predicted octanol–water partition coefficient (Wildman–Crippen LogP) is 7.57. The number of imidazole rings is 1. The molecule has 0 unspecified atom stereocenters. The molecule has 3 heterocycles. The molecule has 0 radical (unpaired) electrons. The van der Waals surface area contributed by atoms with Crippen LogP contribution < -0.4 is 9.80 Å². The third-order valence-electron chi connectivity index (χ3n) is 6.70. The van der Waals surface area contributed by atoms with Gasteiger partial charge in [-0.15, -0.1) is 41.6 Å². The van der Waals surface area contributed by atoms with Crippen LogP contribution in [0.1, 0.15) is 50.7 Å². The maximum Gasteiger partial charge on any atom is 3.00 e. The standard InChI is InChI=1S/C21H23N2.C12H10N4.Ir/c1-15(2)18-11-8-12-19(16(3)4)20(18)23-14-13-22-21(23)17-9-6-5-7-10-17;1-15-9-16(10-5-3-2-4-6-10)12-11(15)7-13-8-14-12;/h5-9,11-16H,1-4H3;2-5,7-9H,1H3;/q-1;-2;+3. The molecule has 2 aromatic heterocycles. The molecular weight excluding hydrogens is 673 g/mol. The van der Waals surface area contributed by atoms with Gasteiger partial charge >= 0.3 is 20.1 Å². The van der Waals surface area contributed by atoms with Crippen LogP contribution >= 0.6 is 0 Å². The fraction of sp³-hybridized carbons (Fsp3) is 0.212. The van der Waals surface area contributed by atoms with Crippen LogP contribution in [-0.4, -0.2) is 26.6 Å². The number of hydrogen-bond donors (Lipinski definition) is 0. The molecular formula is C33H33IrN6. The topological polar surface area (TPSA) is 50.1 Å². The van der Waals surface area contributed by atoms with Gasteiger partial charge in [-0.05, 0) is 30.0 Å². The molecule has 0 spiro atoms. The number of nitrogens with zero attached hydrogens (tertiary/aromatic N) is 6. The molecule has 204 valence electrons. The molecule has 40 heavy (non-hydrogen) atoms. The van der Waals surface area contributed by atoms with E-state index in [9.17, 15) is 0 Å². The molecule has 0 amide bonds. The van der Waals surface area contributed by atoms with Crippen molar-refractivity contribution in [3.8, 4) is 17.1 Å². The molecule has 7 heteroatoms. The minimum atomic E-state index is 0. The molecule has 0 bridgehead atoms. The Bertz CT molecular complexity index is 1490. The summed E-state index contributed by atoms with van der Waals surface area (Å²) < 4.78 is 2.22. The zero-order chi connectivity index (χ0) is 27.4. The summed E-state index contributed by atoms with van der Waals surface area (Å²) in [6.45, 7) is 11.0. The quantitative estimate of drug-likeness (QED) is 0.177.